The number of carbonyl (C=O) groups excluding carboxylic acids is 1. The molecule has 0 aliphatic heterocycles. The molecule has 0 aromatic carbocycles. The molecule has 4 aliphatic carbocycles. The standard InChI is InChI=1S/C23H30O6/c1-21-7-3-14(24)11-13(21)12-15(20(27)28)19-16(21)4-8-22(2)17(19)5-9-23(22,29)10-6-18(25)26/h4,11,15,17,19,29H,3,5-10,12H2,1-2H3,(H,25,26)(H,27,28)/t15-,17+,19-,21+,22+,23+/m1/s1. The molecule has 0 unspecified atom stereocenters. The van der Waals surface area contributed by atoms with Crippen molar-refractivity contribution in [3.63, 3.8) is 0 Å². The number of aliphatic carboxylic acids is 2. The fourth-order valence-electron chi connectivity index (χ4n) is 6.93. The SMILES string of the molecule is C[C@]12CCC(=O)C=C1C[C@@H](C(=O)O)[C@@H]1C2=CC[C@@]2(C)[C@H]1CC[C@]2(O)CCC(=O)O. The molecule has 2 fully saturated rings. The van der Waals surface area contributed by atoms with E-state index in [0.29, 0.717) is 38.5 Å². The first-order valence-electron chi connectivity index (χ1n) is 10.6. The van der Waals surface area contributed by atoms with Gasteiger partial charge in [0.2, 0.25) is 0 Å². The molecule has 0 aromatic rings. The summed E-state index contributed by atoms with van der Waals surface area (Å²) in [6.07, 6.45) is 7.28. The number of allylic oxidation sites excluding steroid dienone is 4. The maximum absolute atomic E-state index is 12.3. The Labute approximate surface area is 170 Å². The zero-order valence-corrected chi connectivity index (χ0v) is 17.1. The van der Waals surface area contributed by atoms with Gasteiger partial charge in [-0.15, -0.1) is 0 Å². The van der Waals surface area contributed by atoms with Crippen molar-refractivity contribution in [2.75, 3.05) is 0 Å². The highest BCUT2D eigenvalue weighted by Crippen LogP contribution is 2.67. The lowest BCUT2D eigenvalue weighted by Crippen LogP contribution is -2.53. The fourth-order valence-corrected chi connectivity index (χ4v) is 6.93. The predicted octanol–water partition coefficient (Wildman–Crippen LogP) is 3.35. The Balaban J connectivity index is 1.78. The Hall–Kier alpha value is -1.95. The molecule has 29 heavy (non-hydrogen) atoms. The number of fused-ring (bicyclic) bond motifs is 5. The molecule has 0 aromatic heterocycles. The third kappa shape index (κ3) is 2.82. The normalized spacial score (nSPS) is 43.6. The zero-order chi connectivity index (χ0) is 21.2. The van der Waals surface area contributed by atoms with Gasteiger partial charge in [0.05, 0.1) is 11.5 Å². The summed E-state index contributed by atoms with van der Waals surface area (Å²) in [4.78, 5) is 35.4. The van der Waals surface area contributed by atoms with Crippen LogP contribution in [0.25, 0.3) is 0 Å². The van der Waals surface area contributed by atoms with Gasteiger partial charge in [-0.25, -0.2) is 0 Å². The Kier molecular flexibility index (Phi) is 4.57. The van der Waals surface area contributed by atoms with Gasteiger partial charge in [-0.1, -0.05) is 31.1 Å². The van der Waals surface area contributed by atoms with Crippen molar-refractivity contribution >= 4 is 17.7 Å². The second-order valence-electron chi connectivity index (χ2n) is 9.99. The molecule has 0 amide bonds. The number of hydrogen-bond acceptors (Lipinski definition) is 4. The first kappa shape index (κ1) is 20.3. The monoisotopic (exact) mass is 402 g/mol. The summed E-state index contributed by atoms with van der Waals surface area (Å²) in [6, 6.07) is 0. The number of carboxylic acids is 2. The average Bonchev–Trinajstić information content (AvgIpc) is 2.92. The molecule has 0 spiro atoms. The fraction of sp³-hybridized carbons (Fsp3) is 0.696. The Morgan fingerprint density at radius 2 is 1.93 bits per heavy atom. The quantitative estimate of drug-likeness (QED) is 0.622. The minimum absolute atomic E-state index is 0.00148. The highest BCUT2D eigenvalue weighted by molar-refractivity contribution is 5.92. The molecule has 0 bridgehead atoms. The first-order valence-corrected chi connectivity index (χ1v) is 10.6. The van der Waals surface area contributed by atoms with E-state index >= 15 is 0 Å². The molecule has 0 heterocycles. The van der Waals surface area contributed by atoms with E-state index in [4.69, 9.17) is 5.11 Å². The van der Waals surface area contributed by atoms with Crippen LogP contribution in [-0.4, -0.2) is 38.6 Å². The van der Waals surface area contributed by atoms with E-state index in [1.54, 1.807) is 6.08 Å². The van der Waals surface area contributed by atoms with E-state index in [-0.39, 0.29) is 35.9 Å². The summed E-state index contributed by atoms with van der Waals surface area (Å²) < 4.78 is 0. The van der Waals surface area contributed by atoms with E-state index < -0.39 is 28.9 Å². The minimum Gasteiger partial charge on any atom is -0.481 e. The number of hydrogen-bond donors (Lipinski definition) is 3. The molecule has 4 rings (SSSR count). The summed E-state index contributed by atoms with van der Waals surface area (Å²) in [5.41, 5.74) is 0.145. The summed E-state index contributed by atoms with van der Waals surface area (Å²) in [5.74, 6) is -2.50. The summed E-state index contributed by atoms with van der Waals surface area (Å²) in [7, 11) is 0. The maximum atomic E-state index is 12.3. The lowest BCUT2D eigenvalue weighted by Gasteiger charge is -2.56. The largest absolute Gasteiger partial charge is 0.481 e. The van der Waals surface area contributed by atoms with Crippen molar-refractivity contribution in [2.45, 2.75) is 70.8 Å². The Morgan fingerprint density at radius 3 is 2.59 bits per heavy atom. The number of carboxylic acid groups (broad SMARTS) is 2. The van der Waals surface area contributed by atoms with E-state index in [2.05, 4.69) is 13.0 Å². The maximum Gasteiger partial charge on any atom is 0.307 e. The van der Waals surface area contributed by atoms with Gasteiger partial charge in [-0.3, -0.25) is 14.4 Å². The molecule has 6 nitrogen and oxygen atoms in total. The first-order chi connectivity index (χ1) is 13.5. The summed E-state index contributed by atoms with van der Waals surface area (Å²) >= 11 is 0. The molecular weight excluding hydrogens is 372 g/mol. The van der Waals surface area contributed by atoms with Crippen LogP contribution in [0.1, 0.15) is 65.2 Å². The summed E-state index contributed by atoms with van der Waals surface area (Å²) in [5, 5.41) is 30.6. The van der Waals surface area contributed by atoms with Crippen molar-refractivity contribution < 1.29 is 29.7 Å². The Bertz CT molecular complexity index is 840. The van der Waals surface area contributed by atoms with Crippen LogP contribution in [0.4, 0.5) is 0 Å². The van der Waals surface area contributed by atoms with Gasteiger partial charge >= 0.3 is 11.9 Å². The average molecular weight is 402 g/mol. The van der Waals surface area contributed by atoms with Gasteiger partial charge in [-0.2, -0.15) is 0 Å². The van der Waals surface area contributed by atoms with Crippen molar-refractivity contribution in [2.24, 2.45) is 28.6 Å². The van der Waals surface area contributed by atoms with Crippen molar-refractivity contribution in [3.8, 4) is 0 Å². The van der Waals surface area contributed by atoms with Crippen LogP contribution >= 0.6 is 0 Å². The predicted molar refractivity (Wildman–Crippen MR) is 105 cm³/mol. The van der Waals surface area contributed by atoms with Crippen LogP contribution in [0.3, 0.4) is 0 Å². The molecule has 6 atom stereocenters. The molecule has 6 heteroatoms. The van der Waals surface area contributed by atoms with Crippen LogP contribution in [0.2, 0.25) is 0 Å². The zero-order valence-electron chi connectivity index (χ0n) is 17.1. The lowest BCUT2D eigenvalue weighted by molar-refractivity contribution is -0.148. The smallest absolute Gasteiger partial charge is 0.307 e. The highest BCUT2D eigenvalue weighted by Gasteiger charge is 2.64. The van der Waals surface area contributed by atoms with Crippen LogP contribution in [-0.2, 0) is 14.4 Å². The molecule has 0 radical (unpaired) electrons. The number of aliphatic hydroxyl groups is 1. The second kappa shape index (κ2) is 6.53. The molecule has 2 saturated carbocycles. The van der Waals surface area contributed by atoms with Crippen molar-refractivity contribution in [1.29, 1.82) is 0 Å². The number of rotatable bonds is 4. The van der Waals surface area contributed by atoms with Crippen molar-refractivity contribution in [1.82, 2.24) is 0 Å². The van der Waals surface area contributed by atoms with E-state index in [1.807, 2.05) is 6.92 Å². The van der Waals surface area contributed by atoms with E-state index in [0.717, 1.165) is 11.1 Å². The van der Waals surface area contributed by atoms with E-state index in [9.17, 15) is 24.6 Å². The van der Waals surface area contributed by atoms with Crippen molar-refractivity contribution in [3.05, 3.63) is 23.3 Å². The molecule has 3 N–H and O–H groups in total. The lowest BCUT2D eigenvalue weighted by atomic mass is 9.48. The molecular formula is C23H30O6. The van der Waals surface area contributed by atoms with E-state index in [1.165, 1.54) is 0 Å². The van der Waals surface area contributed by atoms with Gasteiger partial charge in [0.1, 0.15) is 0 Å². The Morgan fingerprint density at radius 1 is 1.21 bits per heavy atom. The molecule has 158 valence electrons. The topological polar surface area (TPSA) is 112 Å². The number of ketones is 1. The third-order valence-corrected chi connectivity index (χ3v) is 8.78. The van der Waals surface area contributed by atoms with Gasteiger partial charge < -0.3 is 15.3 Å². The molecule has 4 aliphatic rings. The van der Waals surface area contributed by atoms with Gasteiger partial charge in [0.15, 0.2) is 5.78 Å². The minimum atomic E-state index is -1.10. The van der Waals surface area contributed by atoms with Gasteiger partial charge in [0, 0.05) is 23.7 Å². The van der Waals surface area contributed by atoms with Crippen LogP contribution in [0.5, 0.6) is 0 Å². The second-order valence-corrected chi connectivity index (χ2v) is 9.99. The molecule has 0 saturated heterocycles. The highest BCUT2D eigenvalue weighted by atomic mass is 16.4. The van der Waals surface area contributed by atoms with Gasteiger partial charge in [0.25, 0.3) is 0 Å². The third-order valence-electron chi connectivity index (χ3n) is 8.78. The summed E-state index contributed by atoms with van der Waals surface area (Å²) in [6.45, 7) is 4.15. The van der Waals surface area contributed by atoms with Crippen LogP contribution in [0, 0.1) is 28.6 Å². The number of carbonyl (C=O) groups is 3. The van der Waals surface area contributed by atoms with Gasteiger partial charge in [-0.05, 0) is 56.4 Å². The van der Waals surface area contributed by atoms with Crippen LogP contribution < -0.4 is 0 Å². The van der Waals surface area contributed by atoms with Crippen LogP contribution in [0.15, 0.2) is 23.3 Å².